The van der Waals surface area contributed by atoms with Crippen LogP contribution in [0.15, 0.2) is 11.4 Å². The Balaban J connectivity index is 2.29. The molecule has 0 amide bonds. The zero-order chi connectivity index (χ0) is 12.0. The van der Waals surface area contributed by atoms with Crippen LogP contribution in [0.2, 0.25) is 0 Å². The number of hydrogen-bond donors (Lipinski definition) is 1. The van der Waals surface area contributed by atoms with E-state index in [0.29, 0.717) is 13.2 Å². The van der Waals surface area contributed by atoms with E-state index in [1.807, 2.05) is 13.8 Å². The molecule has 0 aromatic carbocycles. The monoisotopic (exact) mass is 244 g/mol. The Morgan fingerprint density at radius 1 is 1.69 bits per heavy atom. The van der Waals surface area contributed by atoms with E-state index in [0.717, 1.165) is 23.4 Å². The topological polar surface area (TPSA) is 64.4 Å². The minimum absolute atomic E-state index is 0.165. The van der Waals surface area contributed by atoms with Gasteiger partial charge in [0.25, 0.3) is 0 Å². The summed E-state index contributed by atoms with van der Waals surface area (Å²) in [7, 11) is 0. The van der Waals surface area contributed by atoms with E-state index in [9.17, 15) is 10.1 Å². The molecule has 0 radical (unpaired) electrons. The number of ether oxygens (including phenoxy) is 1. The van der Waals surface area contributed by atoms with Gasteiger partial charge in [0.1, 0.15) is 0 Å². The molecule has 0 spiro atoms. The molecule has 1 rings (SSSR count). The minimum Gasteiger partial charge on any atom is -0.377 e. The van der Waals surface area contributed by atoms with Crippen LogP contribution in [0.25, 0.3) is 0 Å². The molecule has 1 N–H and O–H groups in total. The summed E-state index contributed by atoms with van der Waals surface area (Å²) in [5.74, 6) is 0. The zero-order valence-corrected chi connectivity index (χ0v) is 10.3. The van der Waals surface area contributed by atoms with E-state index in [4.69, 9.17) is 4.74 Å². The molecule has 0 aliphatic heterocycles. The maximum absolute atomic E-state index is 10.5. The average molecular weight is 244 g/mol. The standard InChI is InChI=1S/C10H16N2O3S/c1-3-15-8(2)5-11-6-9-4-10(12(13)14)16-7-9/h4,7-8,11H,3,5-6H2,1-2H3. The van der Waals surface area contributed by atoms with E-state index < -0.39 is 0 Å². The lowest BCUT2D eigenvalue weighted by atomic mass is 10.3. The lowest BCUT2D eigenvalue weighted by Crippen LogP contribution is -2.26. The van der Waals surface area contributed by atoms with Gasteiger partial charge in [-0.1, -0.05) is 11.3 Å². The van der Waals surface area contributed by atoms with Gasteiger partial charge < -0.3 is 10.1 Å². The highest BCUT2D eigenvalue weighted by Crippen LogP contribution is 2.22. The second-order valence-electron chi connectivity index (χ2n) is 3.45. The second-order valence-corrected chi connectivity index (χ2v) is 4.34. The van der Waals surface area contributed by atoms with Crippen LogP contribution < -0.4 is 5.32 Å². The number of nitrogens with zero attached hydrogens (tertiary/aromatic N) is 1. The van der Waals surface area contributed by atoms with Gasteiger partial charge in [-0.25, -0.2) is 0 Å². The molecule has 1 unspecified atom stereocenters. The van der Waals surface area contributed by atoms with Gasteiger partial charge in [0.05, 0.1) is 11.0 Å². The molecule has 1 aromatic rings. The summed E-state index contributed by atoms with van der Waals surface area (Å²) < 4.78 is 5.36. The first-order chi connectivity index (χ1) is 7.63. The van der Waals surface area contributed by atoms with Crippen molar-refractivity contribution >= 4 is 16.3 Å². The molecule has 6 heteroatoms. The van der Waals surface area contributed by atoms with E-state index in [2.05, 4.69) is 5.32 Å². The Kier molecular flexibility index (Phi) is 5.37. The predicted molar refractivity (Wildman–Crippen MR) is 63.8 cm³/mol. The van der Waals surface area contributed by atoms with Crippen molar-refractivity contribution in [1.29, 1.82) is 0 Å². The Morgan fingerprint density at radius 2 is 2.44 bits per heavy atom. The molecule has 90 valence electrons. The van der Waals surface area contributed by atoms with Crippen LogP contribution in [0.4, 0.5) is 5.00 Å². The molecule has 0 fully saturated rings. The first-order valence-electron chi connectivity index (χ1n) is 5.17. The van der Waals surface area contributed by atoms with Crippen molar-refractivity contribution in [1.82, 2.24) is 5.32 Å². The van der Waals surface area contributed by atoms with Gasteiger partial charge in [0, 0.05) is 31.1 Å². The maximum Gasteiger partial charge on any atom is 0.324 e. The van der Waals surface area contributed by atoms with Gasteiger partial charge in [-0.3, -0.25) is 10.1 Å². The molecule has 0 bridgehead atoms. The summed E-state index contributed by atoms with van der Waals surface area (Å²) in [4.78, 5) is 10.1. The summed E-state index contributed by atoms with van der Waals surface area (Å²) >= 11 is 1.16. The second kappa shape index (κ2) is 6.57. The molecule has 0 saturated heterocycles. The lowest BCUT2D eigenvalue weighted by Gasteiger charge is -2.11. The summed E-state index contributed by atoms with van der Waals surface area (Å²) in [5, 5.41) is 15.6. The van der Waals surface area contributed by atoms with Gasteiger partial charge in [-0.15, -0.1) is 0 Å². The lowest BCUT2D eigenvalue weighted by molar-refractivity contribution is -0.380. The third-order valence-corrected chi connectivity index (χ3v) is 2.96. The van der Waals surface area contributed by atoms with Crippen molar-refractivity contribution in [3.8, 4) is 0 Å². The number of hydrogen-bond acceptors (Lipinski definition) is 5. The van der Waals surface area contributed by atoms with Crippen LogP contribution in [0.1, 0.15) is 19.4 Å². The van der Waals surface area contributed by atoms with Crippen molar-refractivity contribution in [2.24, 2.45) is 0 Å². The fourth-order valence-electron chi connectivity index (χ4n) is 1.31. The molecular formula is C10H16N2O3S. The first kappa shape index (κ1) is 13.1. The van der Waals surface area contributed by atoms with Gasteiger partial charge in [0.15, 0.2) is 0 Å². The molecule has 5 nitrogen and oxygen atoms in total. The van der Waals surface area contributed by atoms with Gasteiger partial charge in [0.2, 0.25) is 0 Å². The molecule has 0 aliphatic carbocycles. The molecule has 1 aromatic heterocycles. The quantitative estimate of drug-likeness (QED) is 0.589. The van der Waals surface area contributed by atoms with Crippen molar-refractivity contribution < 1.29 is 9.66 Å². The largest absolute Gasteiger partial charge is 0.377 e. The highest BCUT2D eigenvalue weighted by Gasteiger charge is 2.09. The highest BCUT2D eigenvalue weighted by molar-refractivity contribution is 7.13. The van der Waals surface area contributed by atoms with Crippen LogP contribution in [0, 0.1) is 10.1 Å². The summed E-state index contributed by atoms with van der Waals surface area (Å²) in [6.07, 6.45) is 0.165. The first-order valence-corrected chi connectivity index (χ1v) is 6.05. The normalized spacial score (nSPS) is 12.6. The Bertz CT molecular complexity index is 341. The molecule has 1 heterocycles. The number of nitro groups is 1. The van der Waals surface area contributed by atoms with Crippen molar-refractivity contribution in [3.63, 3.8) is 0 Å². The Morgan fingerprint density at radius 3 is 3.00 bits per heavy atom. The Hall–Kier alpha value is -0.980. The fraction of sp³-hybridized carbons (Fsp3) is 0.600. The smallest absolute Gasteiger partial charge is 0.324 e. The van der Waals surface area contributed by atoms with E-state index in [1.54, 1.807) is 11.4 Å². The van der Waals surface area contributed by atoms with E-state index in [-0.39, 0.29) is 16.0 Å². The average Bonchev–Trinajstić information content (AvgIpc) is 2.67. The van der Waals surface area contributed by atoms with Gasteiger partial charge in [-0.05, 0) is 19.4 Å². The molecule has 16 heavy (non-hydrogen) atoms. The number of thiophene rings is 1. The van der Waals surface area contributed by atoms with Crippen LogP contribution in [-0.2, 0) is 11.3 Å². The summed E-state index contributed by atoms with van der Waals surface area (Å²) in [5.41, 5.74) is 0.945. The van der Waals surface area contributed by atoms with Crippen LogP contribution >= 0.6 is 11.3 Å². The SMILES string of the molecule is CCOC(C)CNCc1csc([N+](=O)[O-])c1. The predicted octanol–water partition coefficient (Wildman–Crippen LogP) is 2.17. The zero-order valence-electron chi connectivity index (χ0n) is 9.43. The van der Waals surface area contributed by atoms with Crippen molar-refractivity contribution in [3.05, 3.63) is 27.1 Å². The van der Waals surface area contributed by atoms with Gasteiger partial charge >= 0.3 is 5.00 Å². The highest BCUT2D eigenvalue weighted by atomic mass is 32.1. The Labute approximate surface area is 98.6 Å². The number of rotatable bonds is 7. The third kappa shape index (κ3) is 4.26. The van der Waals surface area contributed by atoms with Crippen LogP contribution in [-0.4, -0.2) is 24.2 Å². The molecular weight excluding hydrogens is 228 g/mol. The fourth-order valence-corrected chi connectivity index (χ4v) is 2.04. The third-order valence-electron chi connectivity index (χ3n) is 2.03. The number of nitrogens with one attached hydrogen (secondary N) is 1. The van der Waals surface area contributed by atoms with E-state index in [1.165, 1.54) is 0 Å². The summed E-state index contributed by atoms with van der Waals surface area (Å²) in [6.45, 7) is 6.04. The van der Waals surface area contributed by atoms with Crippen LogP contribution in [0.5, 0.6) is 0 Å². The van der Waals surface area contributed by atoms with Crippen molar-refractivity contribution in [2.45, 2.75) is 26.5 Å². The van der Waals surface area contributed by atoms with Crippen molar-refractivity contribution in [2.75, 3.05) is 13.2 Å². The van der Waals surface area contributed by atoms with Crippen LogP contribution in [0.3, 0.4) is 0 Å². The minimum atomic E-state index is -0.364. The summed E-state index contributed by atoms with van der Waals surface area (Å²) in [6, 6.07) is 1.60. The maximum atomic E-state index is 10.5. The molecule has 0 aliphatic rings. The molecule has 1 atom stereocenters. The van der Waals surface area contributed by atoms with E-state index >= 15 is 0 Å². The van der Waals surface area contributed by atoms with Gasteiger partial charge in [-0.2, -0.15) is 0 Å². The molecule has 0 saturated carbocycles.